The summed E-state index contributed by atoms with van der Waals surface area (Å²) >= 11 is 0. The summed E-state index contributed by atoms with van der Waals surface area (Å²) in [5.74, 6) is 0. The van der Waals surface area contributed by atoms with E-state index in [9.17, 15) is 8.42 Å². The number of aliphatic imine (C=N–C) groups is 1. The van der Waals surface area contributed by atoms with Crippen molar-refractivity contribution in [3.8, 4) is 22.3 Å². The number of aryl methyl sites for hydroxylation is 4. The molecule has 0 bridgehead atoms. The van der Waals surface area contributed by atoms with Gasteiger partial charge in [-0.25, -0.2) is 18.2 Å². The molecule has 4 aromatic rings. The third kappa shape index (κ3) is 5.65. The first kappa shape index (κ1) is 25.8. The topological polar surface area (TPSA) is 63.6 Å². The van der Waals surface area contributed by atoms with Gasteiger partial charge in [-0.15, -0.1) is 0 Å². The van der Waals surface area contributed by atoms with Crippen LogP contribution in [-0.4, -0.2) is 21.5 Å². The molecule has 0 spiro atoms. The van der Waals surface area contributed by atoms with Crippen LogP contribution in [0.5, 0.6) is 0 Å². The third-order valence-corrected chi connectivity index (χ3v) is 7.87. The van der Waals surface area contributed by atoms with E-state index in [1.165, 1.54) is 13.1 Å². The highest BCUT2D eigenvalue weighted by Crippen LogP contribution is 2.39. The first-order valence-electron chi connectivity index (χ1n) is 11.2. The minimum Gasteiger partial charge on any atom is -0.218 e. The van der Waals surface area contributed by atoms with Crippen LogP contribution >= 0.6 is 0 Å². The highest BCUT2D eigenvalue weighted by Gasteiger charge is 2.28. The monoisotopic (exact) mass is 483 g/mol. The number of rotatable bonds is 4. The normalized spacial score (nSPS) is 10.7. The van der Waals surface area contributed by atoms with Crippen molar-refractivity contribution in [3.05, 3.63) is 107 Å². The predicted molar refractivity (Wildman–Crippen MR) is 142 cm³/mol. The first-order valence-corrected chi connectivity index (χ1v) is 12.7. The Bertz CT molecular complexity index is 1410. The lowest BCUT2D eigenvalue weighted by Gasteiger charge is -2.18. The van der Waals surface area contributed by atoms with E-state index in [1.54, 1.807) is 0 Å². The third-order valence-electron chi connectivity index (χ3n) is 5.71. The van der Waals surface area contributed by atoms with E-state index in [1.807, 2.05) is 113 Å². The van der Waals surface area contributed by atoms with E-state index in [2.05, 4.69) is 4.99 Å². The molecule has 0 heterocycles. The van der Waals surface area contributed by atoms with Gasteiger partial charge in [-0.2, -0.15) is 0 Å². The van der Waals surface area contributed by atoms with Crippen LogP contribution in [0.15, 0.2) is 99.7 Å². The Morgan fingerprint density at radius 1 is 0.629 bits per heavy atom. The van der Waals surface area contributed by atoms with Crippen LogP contribution in [0.4, 0.5) is 0 Å². The van der Waals surface area contributed by atoms with E-state index in [0.29, 0.717) is 9.79 Å². The molecule has 0 saturated carbocycles. The summed E-state index contributed by atoms with van der Waals surface area (Å²) in [5.41, 5.74) is 6.98. The average molecular weight is 484 g/mol. The molecule has 0 aliphatic carbocycles. The van der Waals surface area contributed by atoms with Crippen molar-refractivity contribution in [1.82, 2.24) is 0 Å². The maximum Gasteiger partial charge on any atom is 0.234 e. The van der Waals surface area contributed by atoms with Crippen molar-refractivity contribution in [3.63, 3.8) is 0 Å². The van der Waals surface area contributed by atoms with Gasteiger partial charge in [0.25, 0.3) is 0 Å². The lowest BCUT2D eigenvalue weighted by molar-refractivity contribution is 0.564. The molecule has 0 aliphatic rings. The van der Waals surface area contributed by atoms with E-state index >= 15 is 0 Å². The summed E-state index contributed by atoms with van der Waals surface area (Å²) in [6, 6.07) is 27.4. The van der Waals surface area contributed by atoms with Gasteiger partial charge >= 0.3 is 0 Å². The molecular formula is C30H29NO3S. The summed E-state index contributed by atoms with van der Waals surface area (Å²) in [5, 5.41) is 0. The standard InChI is InChI=1S/C28H26O2S.C2H3NO/c1-19-9-5-13-23(17-19)25-15-7-11-21(3)27(25)31(29,30)28-22(4)12-8-16-26(28)24-14-6-10-20(2)18-24;1-3-2-4/h5-18H,1-4H3;1H3. The van der Waals surface area contributed by atoms with Crippen molar-refractivity contribution >= 4 is 15.9 Å². The Labute approximate surface area is 207 Å². The molecule has 0 unspecified atom stereocenters. The van der Waals surface area contributed by atoms with Crippen LogP contribution in [-0.2, 0) is 14.6 Å². The molecule has 0 saturated heterocycles. The predicted octanol–water partition coefficient (Wildman–Crippen LogP) is 7.04. The van der Waals surface area contributed by atoms with Gasteiger partial charge in [0.15, 0.2) is 0 Å². The number of sulfone groups is 1. The lowest BCUT2D eigenvalue weighted by atomic mass is 10.0. The average Bonchev–Trinajstić information content (AvgIpc) is 2.83. The Morgan fingerprint density at radius 3 is 1.34 bits per heavy atom. The summed E-state index contributed by atoms with van der Waals surface area (Å²) < 4.78 is 28.5. The zero-order valence-electron chi connectivity index (χ0n) is 20.7. The van der Waals surface area contributed by atoms with Crippen LogP contribution in [0.1, 0.15) is 22.3 Å². The largest absolute Gasteiger partial charge is 0.234 e. The maximum absolute atomic E-state index is 14.2. The molecule has 0 aromatic heterocycles. The summed E-state index contributed by atoms with van der Waals surface area (Å²) in [6.07, 6.45) is 1.31. The van der Waals surface area contributed by atoms with Crippen LogP contribution < -0.4 is 0 Å². The number of benzene rings is 4. The Hall–Kier alpha value is -3.79. The van der Waals surface area contributed by atoms with Crippen molar-refractivity contribution in [2.75, 3.05) is 7.05 Å². The van der Waals surface area contributed by atoms with E-state index in [0.717, 1.165) is 44.5 Å². The van der Waals surface area contributed by atoms with Crippen LogP contribution in [0.3, 0.4) is 0 Å². The van der Waals surface area contributed by atoms with Crippen LogP contribution in [0.2, 0.25) is 0 Å². The fourth-order valence-corrected chi connectivity index (χ4v) is 6.34. The minimum atomic E-state index is -3.78. The fraction of sp³-hybridized carbons (Fsp3) is 0.167. The first-order chi connectivity index (χ1) is 16.7. The van der Waals surface area contributed by atoms with E-state index in [4.69, 9.17) is 4.79 Å². The molecule has 35 heavy (non-hydrogen) atoms. The number of isocyanates is 1. The van der Waals surface area contributed by atoms with Gasteiger partial charge in [-0.1, -0.05) is 96.1 Å². The minimum absolute atomic E-state index is 0.379. The van der Waals surface area contributed by atoms with Crippen molar-refractivity contribution in [2.45, 2.75) is 37.5 Å². The van der Waals surface area contributed by atoms with Gasteiger partial charge in [0.1, 0.15) is 0 Å². The van der Waals surface area contributed by atoms with Gasteiger partial charge in [-0.3, -0.25) is 0 Å². The quantitative estimate of drug-likeness (QED) is 0.231. The number of hydrogen-bond acceptors (Lipinski definition) is 4. The SMILES string of the molecule is CN=C=O.Cc1cccc(-c2cccc(C)c2S(=O)(=O)c2c(C)cccc2-c2cccc(C)c2)c1. The second-order valence-electron chi connectivity index (χ2n) is 8.46. The molecule has 4 nitrogen and oxygen atoms in total. The molecule has 178 valence electrons. The van der Waals surface area contributed by atoms with Gasteiger partial charge in [-0.05, 0) is 49.9 Å². The highest BCUT2D eigenvalue weighted by atomic mass is 32.2. The van der Waals surface area contributed by atoms with E-state index < -0.39 is 9.84 Å². The van der Waals surface area contributed by atoms with Gasteiger partial charge in [0, 0.05) is 18.2 Å². The Morgan fingerprint density at radius 2 is 1.00 bits per heavy atom. The highest BCUT2D eigenvalue weighted by molar-refractivity contribution is 7.92. The van der Waals surface area contributed by atoms with E-state index in [-0.39, 0.29) is 0 Å². The number of nitrogens with zero attached hydrogens (tertiary/aromatic N) is 1. The molecule has 4 rings (SSSR count). The second-order valence-corrected chi connectivity index (χ2v) is 10.3. The summed E-state index contributed by atoms with van der Waals surface area (Å²) in [6.45, 7) is 7.78. The van der Waals surface area contributed by atoms with Crippen LogP contribution in [0.25, 0.3) is 22.3 Å². The second kappa shape index (κ2) is 11.1. The maximum atomic E-state index is 14.2. The zero-order chi connectivity index (χ0) is 25.6. The molecule has 4 aromatic carbocycles. The van der Waals surface area contributed by atoms with Crippen LogP contribution in [0, 0.1) is 27.7 Å². The molecule has 0 N–H and O–H groups in total. The van der Waals surface area contributed by atoms with Gasteiger partial charge in [0.2, 0.25) is 15.9 Å². The van der Waals surface area contributed by atoms with Crippen molar-refractivity contribution < 1.29 is 13.2 Å². The zero-order valence-corrected chi connectivity index (χ0v) is 21.5. The smallest absolute Gasteiger partial charge is 0.218 e. The Balaban J connectivity index is 0.000000795. The lowest BCUT2D eigenvalue weighted by Crippen LogP contribution is -2.10. The Kier molecular flexibility index (Phi) is 8.18. The molecule has 0 atom stereocenters. The van der Waals surface area contributed by atoms with Crippen molar-refractivity contribution in [2.24, 2.45) is 4.99 Å². The van der Waals surface area contributed by atoms with Gasteiger partial charge < -0.3 is 0 Å². The molecular weight excluding hydrogens is 454 g/mol. The number of carbonyl (C=O) groups excluding carboxylic acids is 1. The molecule has 5 heteroatoms. The van der Waals surface area contributed by atoms with Gasteiger partial charge in [0.05, 0.1) is 9.79 Å². The van der Waals surface area contributed by atoms with Crippen molar-refractivity contribution in [1.29, 1.82) is 0 Å². The molecule has 0 aliphatic heterocycles. The fourth-order valence-electron chi connectivity index (χ4n) is 4.20. The molecule has 0 radical (unpaired) electrons. The molecule has 0 fully saturated rings. The number of hydrogen-bond donors (Lipinski definition) is 0. The summed E-state index contributed by atoms with van der Waals surface area (Å²) in [4.78, 5) is 12.6. The molecule has 0 amide bonds. The summed E-state index contributed by atoms with van der Waals surface area (Å²) in [7, 11) is -2.40.